The maximum Gasteiger partial charge on any atom is 0.409 e. The van der Waals surface area contributed by atoms with Crippen LogP contribution in [0.1, 0.15) is 26.7 Å². The summed E-state index contributed by atoms with van der Waals surface area (Å²) in [5.41, 5.74) is 4.22. The van der Waals surface area contributed by atoms with Crippen LogP contribution in [0.3, 0.4) is 0 Å². The number of aliphatic carboxylic acids is 1. The quantitative estimate of drug-likeness (QED) is 0.243. The number of primary amides is 1. The summed E-state index contributed by atoms with van der Waals surface area (Å²) in [4.78, 5) is 33.8. The molecule has 7 N–H and O–H groups in total. The molecule has 2 amide bonds. The number of rotatable bonds is 8. The first kappa shape index (κ1) is 26.9. The predicted octanol–water partition coefficient (Wildman–Crippen LogP) is -1.87. The number of carbonyl (C=O) groups excluding carboxylic acids is 2. The number of carbonyl (C=O) groups is 3. The first-order valence-corrected chi connectivity index (χ1v) is 8.28. The summed E-state index contributed by atoms with van der Waals surface area (Å²) in [5.74, 6) is -1.58. The summed E-state index contributed by atoms with van der Waals surface area (Å²) < 4.78 is 14.7. The minimum absolute atomic E-state index is 0. The van der Waals surface area contributed by atoms with Gasteiger partial charge >= 0.3 is 18.2 Å². The van der Waals surface area contributed by atoms with E-state index >= 15 is 0 Å². The third-order valence-corrected chi connectivity index (χ3v) is 4.09. The number of hydrogen-bond donors (Lipinski definition) is 6. The smallest absolute Gasteiger partial charge is 0.409 e. The van der Waals surface area contributed by atoms with Crippen LogP contribution in [0.15, 0.2) is 0 Å². The zero-order valence-electron chi connectivity index (χ0n) is 16.0. The zero-order chi connectivity index (χ0) is 20.8. The first-order valence-electron chi connectivity index (χ1n) is 8.28. The second kappa shape index (κ2) is 11.8. The molecule has 1 unspecified atom stereocenters. The number of amides is 2. The number of nitrogens with two attached hydrogens (primary N) is 1. The van der Waals surface area contributed by atoms with Gasteiger partial charge in [-0.25, -0.2) is 14.4 Å². The molecule has 1 aliphatic rings. The molecular weight excluding hydrogens is 391 g/mol. The van der Waals surface area contributed by atoms with Crippen molar-refractivity contribution in [1.82, 2.24) is 5.32 Å². The van der Waals surface area contributed by atoms with Crippen molar-refractivity contribution < 1.29 is 49.0 Å². The Kier molecular flexibility index (Phi) is 11.3. The summed E-state index contributed by atoms with van der Waals surface area (Å²) in [5, 5.41) is 40.2. The average Bonchev–Trinajstić information content (AvgIpc) is 2.59. The van der Waals surface area contributed by atoms with Crippen LogP contribution in [0.5, 0.6) is 0 Å². The Morgan fingerprint density at radius 2 is 1.68 bits per heavy atom. The van der Waals surface area contributed by atoms with Crippen LogP contribution in [0, 0.1) is 5.41 Å². The van der Waals surface area contributed by atoms with Crippen LogP contribution < -0.4 is 11.1 Å². The topological polar surface area (TPSA) is 198 Å². The predicted molar refractivity (Wildman–Crippen MR) is 93.1 cm³/mol. The van der Waals surface area contributed by atoms with Gasteiger partial charge in [0, 0.05) is 35.0 Å². The largest absolute Gasteiger partial charge is 0.479 e. The molecule has 0 spiro atoms. The second-order valence-corrected chi connectivity index (χ2v) is 6.68. The van der Waals surface area contributed by atoms with Crippen molar-refractivity contribution in [3.05, 3.63) is 0 Å². The fourth-order valence-corrected chi connectivity index (χ4v) is 2.64. The Morgan fingerprint density at radius 1 is 1.11 bits per heavy atom. The SMILES string of the molecule is CCCC(C)(COC(N)=O)COC(=O)N[C@@H]1O[C@H](C(=O)O)[C@@H](O)[C@H](O)[C@H]1O.[Na]. The van der Waals surface area contributed by atoms with Crippen molar-refractivity contribution in [1.29, 1.82) is 0 Å². The van der Waals surface area contributed by atoms with Gasteiger partial charge in [-0.05, 0) is 6.42 Å². The van der Waals surface area contributed by atoms with Crippen molar-refractivity contribution in [2.24, 2.45) is 11.1 Å². The number of carboxylic acids is 1. The standard InChI is InChI=1S/C15H26N2O10.Na/c1-3-4-15(2,5-25-13(16)23)6-26-14(24)17-11-9(20)7(18)8(19)10(27-11)12(21)22;/h7-11,18-20H,3-6H2,1-2H3,(H2,16,23)(H,17,24)(H,21,22);/t7-,8-,9+,10-,11+,15?;/m0./s1. The van der Waals surface area contributed by atoms with E-state index in [0.29, 0.717) is 12.8 Å². The zero-order valence-corrected chi connectivity index (χ0v) is 18.0. The minimum atomic E-state index is -1.87. The Morgan fingerprint density at radius 3 is 2.18 bits per heavy atom. The van der Waals surface area contributed by atoms with Crippen LogP contribution in [0.25, 0.3) is 0 Å². The summed E-state index contributed by atoms with van der Waals surface area (Å²) in [7, 11) is 0. The van der Waals surface area contributed by atoms with Crippen molar-refractivity contribution in [2.45, 2.75) is 57.3 Å². The van der Waals surface area contributed by atoms with Gasteiger partial charge in [0.25, 0.3) is 0 Å². The van der Waals surface area contributed by atoms with E-state index in [1.54, 1.807) is 6.92 Å². The van der Waals surface area contributed by atoms with Gasteiger partial charge in [-0.15, -0.1) is 0 Å². The average molecular weight is 417 g/mol. The number of nitrogens with one attached hydrogen (secondary N) is 1. The fourth-order valence-electron chi connectivity index (χ4n) is 2.64. The molecule has 157 valence electrons. The third-order valence-electron chi connectivity index (χ3n) is 4.09. The molecule has 1 radical (unpaired) electrons. The van der Waals surface area contributed by atoms with E-state index in [2.05, 4.69) is 5.32 Å². The van der Waals surface area contributed by atoms with E-state index in [1.165, 1.54) is 0 Å². The molecular formula is C15H26N2NaO10. The van der Waals surface area contributed by atoms with Gasteiger partial charge in [-0.3, -0.25) is 5.32 Å². The molecule has 12 nitrogen and oxygen atoms in total. The van der Waals surface area contributed by atoms with Crippen molar-refractivity contribution >= 4 is 47.7 Å². The number of aliphatic hydroxyl groups excluding tert-OH is 3. The molecule has 0 aromatic carbocycles. The first-order chi connectivity index (χ1) is 12.5. The van der Waals surface area contributed by atoms with Crippen molar-refractivity contribution in [3.8, 4) is 0 Å². The maximum atomic E-state index is 12.0. The normalized spacial score (nSPS) is 29.0. The van der Waals surface area contributed by atoms with E-state index in [4.69, 9.17) is 25.1 Å². The number of hydrogen-bond acceptors (Lipinski definition) is 9. The maximum absolute atomic E-state index is 12.0. The second-order valence-electron chi connectivity index (χ2n) is 6.68. The molecule has 1 heterocycles. The Bertz CT molecular complexity index is 551. The van der Waals surface area contributed by atoms with Crippen LogP contribution in [-0.2, 0) is 19.0 Å². The van der Waals surface area contributed by atoms with Gasteiger partial charge in [0.05, 0.1) is 0 Å². The molecule has 6 atom stereocenters. The summed E-state index contributed by atoms with van der Waals surface area (Å²) in [6.45, 7) is 3.33. The number of carboxylic acid groups (broad SMARTS) is 1. The molecule has 0 aliphatic carbocycles. The van der Waals surface area contributed by atoms with E-state index in [1.807, 2.05) is 6.92 Å². The van der Waals surface area contributed by atoms with Gasteiger partial charge in [-0.1, -0.05) is 20.3 Å². The van der Waals surface area contributed by atoms with E-state index in [-0.39, 0.29) is 42.8 Å². The van der Waals surface area contributed by atoms with Gasteiger partial charge in [0.2, 0.25) is 0 Å². The Labute approximate surface area is 183 Å². The Balaban J connectivity index is 0.00000729. The molecule has 1 aliphatic heterocycles. The van der Waals surface area contributed by atoms with Crippen LogP contribution in [-0.4, -0.2) is 112 Å². The molecule has 1 fully saturated rings. The van der Waals surface area contributed by atoms with Crippen LogP contribution in [0.2, 0.25) is 0 Å². The third kappa shape index (κ3) is 7.70. The van der Waals surface area contributed by atoms with Gasteiger partial charge in [0.15, 0.2) is 12.3 Å². The number of aliphatic hydroxyl groups is 3. The monoisotopic (exact) mass is 417 g/mol. The van der Waals surface area contributed by atoms with Gasteiger partial charge in [0.1, 0.15) is 31.5 Å². The van der Waals surface area contributed by atoms with E-state index in [0.717, 1.165) is 0 Å². The van der Waals surface area contributed by atoms with Gasteiger partial charge < -0.3 is 40.4 Å². The van der Waals surface area contributed by atoms with Crippen molar-refractivity contribution in [2.75, 3.05) is 13.2 Å². The number of alkyl carbamates (subject to hydrolysis) is 1. The fraction of sp³-hybridized carbons (Fsp3) is 0.800. The summed E-state index contributed by atoms with van der Waals surface area (Å²) >= 11 is 0. The molecule has 1 saturated heterocycles. The summed E-state index contributed by atoms with van der Waals surface area (Å²) in [6.07, 6.45) is -9.73. The molecule has 0 aromatic heterocycles. The molecule has 28 heavy (non-hydrogen) atoms. The van der Waals surface area contributed by atoms with Crippen LogP contribution >= 0.6 is 0 Å². The van der Waals surface area contributed by atoms with Crippen molar-refractivity contribution in [3.63, 3.8) is 0 Å². The molecule has 0 saturated carbocycles. The number of ether oxygens (including phenoxy) is 3. The molecule has 0 aromatic rings. The molecule has 0 bridgehead atoms. The van der Waals surface area contributed by atoms with E-state index in [9.17, 15) is 29.7 Å². The van der Waals surface area contributed by atoms with Crippen LogP contribution in [0.4, 0.5) is 9.59 Å². The Hall–Kier alpha value is -1.15. The minimum Gasteiger partial charge on any atom is -0.479 e. The van der Waals surface area contributed by atoms with E-state index < -0.39 is 54.2 Å². The van der Waals surface area contributed by atoms with Gasteiger partial charge in [-0.2, -0.15) is 0 Å². The molecule has 1 rings (SSSR count). The molecule has 13 heteroatoms. The summed E-state index contributed by atoms with van der Waals surface area (Å²) in [6, 6.07) is 0.